The summed E-state index contributed by atoms with van der Waals surface area (Å²) in [6, 6.07) is 33.1. The number of rotatable bonds is 5. The molecule has 0 saturated carbocycles. The second-order valence-electron chi connectivity index (χ2n) is 10.2. The van der Waals surface area contributed by atoms with E-state index in [0.29, 0.717) is 44.7 Å². The minimum Gasteiger partial charge on any atom is -0.410 e. The first kappa shape index (κ1) is 25.3. The fourth-order valence-electron chi connectivity index (χ4n) is 5.79. The molecular weight excluding hydrogens is 554 g/mol. The molecule has 0 amide bonds. The number of hydrogen-bond acceptors (Lipinski definition) is 10. The van der Waals surface area contributed by atoms with Gasteiger partial charge in [0.25, 0.3) is 0 Å². The molecule has 2 N–H and O–H groups in total. The molecule has 1 aliphatic carbocycles. The van der Waals surface area contributed by atoms with Gasteiger partial charge in [0, 0.05) is 11.1 Å². The second-order valence-corrected chi connectivity index (χ2v) is 10.2. The van der Waals surface area contributed by atoms with Crippen LogP contribution in [0.5, 0.6) is 0 Å². The van der Waals surface area contributed by atoms with Crippen molar-refractivity contribution in [3.63, 3.8) is 0 Å². The summed E-state index contributed by atoms with van der Waals surface area (Å²) in [5.41, 5.74) is 6.93. The zero-order chi connectivity index (χ0) is 29.6. The lowest BCUT2D eigenvalue weighted by molar-refractivity contribution is 0.315. The number of benzene rings is 5. The summed E-state index contributed by atoms with van der Waals surface area (Å²) in [7, 11) is 0. The molecule has 2 aromatic heterocycles. The summed E-state index contributed by atoms with van der Waals surface area (Å²) >= 11 is 0. The predicted octanol–water partition coefficient (Wildman–Crippen LogP) is 7.55. The van der Waals surface area contributed by atoms with Crippen LogP contribution in [0.4, 0.5) is 11.4 Å². The van der Waals surface area contributed by atoms with Crippen LogP contribution in [-0.2, 0) is 0 Å². The molecule has 0 atom stereocenters. The maximum absolute atomic E-state index is 10.3. The van der Waals surface area contributed by atoms with Crippen LogP contribution in [-0.4, -0.2) is 37.3 Å². The summed E-state index contributed by atoms with van der Waals surface area (Å²) in [5, 5.41) is 42.1. The van der Waals surface area contributed by atoms with Crippen molar-refractivity contribution in [1.82, 2.24) is 20.6 Å². The van der Waals surface area contributed by atoms with Crippen molar-refractivity contribution >= 4 is 61.2 Å². The van der Waals surface area contributed by atoms with Gasteiger partial charge in [-0.05, 0) is 78.9 Å². The summed E-state index contributed by atoms with van der Waals surface area (Å²) in [6.45, 7) is 0. The Morgan fingerprint density at radius 1 is 0.636 bits per heavy atom. The van der Waals surface area contributed by atoms with Crippen LogP contribution in [0.3, 0.4) is 0 Å². The molecular formula is C34H21N7O3. The molecule has 210 valence electrons. The Kier molecular flexibility index (Phi) is 5.83. The molecule has 2 heterocycles. The van der Waals surface area contributed by atoms with Gasteiger partial charge in [-0.25, -0.2) is 9.26 Å². The Balaban J connectivity index is 1.38. The molecule has 0 radical (unpaired) electrons. The van der Waals surface area contributed by atoms with Gasteiger partial charge in [0.2, 0.25) is 0 Å². The number of oxime groups is 1. The Hall–Kier alpha value is -6.42. The topological polar surface area (TPSA) is 138 Å². The summed E-state index contributed by atoms with van der Waals surface area (Å²) < 4.78 is 10.4. The van der Waals surface area contributed by atoms with Gasteiger partial charge in [-0.2, -0.15) is 0 Å². The highest BCUT2D eigenvalue weighted by molar-refractivity contribution is 6.62. The van der Waals surface area contributed by atoms with E-state index in [9.17, 15) is 5.21 Å². The van der Waals surface area contributed by atoms with Gasteiger partial charge in [0.1, 0.15) is 11.0 Å². The smallest absolute Gasteiger partial charge is 0.159 e. The van der Waals surface area contributed by atoms with Gasteiger partial charge in [-0.15, -0.1) is 0 Å². The average Bonchev–Trinajstić information content (AvgIpc) is 3.76. The molecule has 7 aromatic rings. The van der Waals surface area contributed by atoms with E-state index in [1.165, 1.54) is 0 Å². The molecule has 1 aliphatic rings. The normalized spacial score (nSPS) is 14.4. The third-order valence-corrected chi connectivity index (χ3v) is 7.80. The number of fused-ring (bicyclic) bond motifs is 3. The van der Waals surface area contributed by atoms with E-state index in [4.69, 9.17) is 14.7 Å². The largest absolute Gasteiger partial charge is 0.410 e. The molecule has 10 heteroatoms. The van der Waals surface area contributed by atoms with E-state index in [0.717, 1.165) is 27.5 Å². The molecule has 0 saturated heterocycles. The van der Waals surface area contributed by atoms with Crippen LogP contribution < -0.4 is 4.90 Å². The van der Waals surface area contributed by atoms with E-state index < -0.39 is 0 Å². The molecule has 0 aliphatic heterocycles. The minimum atomic E-state index is 0.0496. The van der Waals surface area contributed by atoms with E-state index >= 15 is 0 Å². The average molecular weight is 576 g/mol. The minimum absolute atomic E-state index is 0.0496. The van der Waals surface area contributed by atoms with Crippen molar-refractivity contribution in [2.75, 3.05) is 4.90 Å². The summed E-state index contributed by atoms with van der Waals surface area (Å²) in [6.07, 6.45) is 3.64. The van der Waals surface area contributed by atoms with Crippen LogP contribution in [0.1, 0.15) is 5.56 Å². The number of aromatic nitrogens is 4. The highest BCUT2D eigenvalue weighted by atomic mass is 16.6. The lowest BCUT2D eigenvalue weighted by Gasteiger charge is -2.30. The molecule has 0 unspecified atom stereocenters. The quantitative estimate of drug-likeness (QED) is 0.122. The maximum atomic E-state index is 10.3. The van der Waals surface area contributed by atoms with E-state index in [1.807, 2.05) is 89.8 Å². The Morgan fingerprint density at radius 2 is 1.36 bits per heavy atom. The van der Waals surface area contributed by atoms with Gasteiger partial charge >= 0.3 is 0 Å². The maximum Gasteiger partial charge on any atom is 0.159 e. The van der Waals surface area contributed by atoms with Gasteiger partial charge in [0.15, 0.2) is 16.7 Å². The van der Waals surface area contributed by atoms with Crippen molar-refractivity contribution < 1.29 is 14.5 Å². The number of hydrogen-bond donors (Lipinski definition) is 2. The highest BCUT2D eigenvalue weighted by Gasteiger charge is 2.31. The Bertz CT molecular complexity index is 2330. The SMILES string of the molecule is N=C1C(c2ccccc2)=CC=C(N(c2cccc3nonc23)c2ccc(-c3cccc4ccccc34)c3nonc23)/C1=N/O. The predicted molar refractivity (Wildman–Crippen MR) is 168 cm³/mol. The molecule has 0 bridgehead atoms. The first-order chi connectivity index (χ1) is 21.7. The lowest BCUT2D eigenvalue weighted by Crippen LogP contribution is -2.31. The molecule has 10 nitrogen and oxygen atoms in total. The van der Waals surface area contributed by atoms with Crippen LogP contribution in [0, 0.1) is 5.41 Å². The monoisotopic (exact) mass is 575 g/mol. The van der Waals surface area contributed by atoms with Gasteiger partial charge in [0.05, 0.1) is 22.8 Å². The van der Waals surface area contributed by atoms with Crippen molar-refractivity contribution in [2.45, 2.75) is 0 Å². The first-order valence-corrected chi connectivity index (χ1v) is 13.8. The Morgan fingerprint density at radius 3 is 2.25 bits per heavy atom. The third-order valence-electron chi connectivity index (χ3n) is 7.80. The molecule has 8 rings (SSSR count). The van der Waals surface area contributed by atoms with Crippen molar-refractivity contribution in [3.8, 4) is 11.1 Å². The summed E-state index contributed by atoms with van der Waals surface area (Å²) in [4.78, 5) is 1.81. The first-order valence-electron chi connectivity index (χ1n) is 13.8. The third kappa shape index (κ3) is 3.89. The zero-order valence-electron chi connectivity index (χ0n) is 22.9. The van der Waals surface area contributed by atoms with E-state index in [1.54, 1.807) is 12.1 Å². The van der Waals surface area contributed by atoms with Crippen molar-refractivity contribution in [1.29, 1.82) is 5.41 Å². The molecule has 0 spiro atoms. The molecule has 0 fully saturated rings. The fourth-order valence-corrected chi connectivity index (χ4v) is 5.79. The van der Waals surface area contributed by atoms with E-state index in [-0.39, 0.29) is 11.4 Å². The van der Waals surface area contributed by atoms with Gasteiger partial charge in [-0.3, -0.25) is 5.41 Å². The highest BCUT2D eigenvalue weighted by Crippen LogP contribution is 2.42. The Labute approximate surface area is 249 Å². The van der Waals surface area contributed by atoms with E-state index in [2.05, 4.69) is 44.0 Å². The van der Waals surface area contributed by atoms with Crippen molar-refractivity contribution in [2.24, 2.45) is 5.16 Å². The molecule has 5 aromatic carbocycles. The number of nitrogens with one attached hydrogen (secondary N) is 1. The van der Waals surface area contributed by atoms with Gasteiger partial charge < -0.3 is 10.1 Å². The second kappa shape index (κ2) is 10.1. The van der Waals surface area contributed by atoms with Crippen LogP contribution in [0.15, 0.2) is 135 Å². The van der Waals surface area contributed by atoms with Crippen LogP contribution in [0.2, 0.25) is 0 Å². The standard InChI is InChI=1S/C34H21N7O3/c35-30-23(21-8-2-1-3-9-21)16-18-28(33(30)36-42)41(27-15-7-14-26-32(27)39-43-37-26)29-19-17-25(31-34(29)40-44-38-31)24-13-6-11-20-10-4-5-12-22(20)24/h1-19,35,42H/b35-30?,36-33-. The number of nitrogens with zero attached hydrogens (tertiary/aromatic N) is 6. The van der Waals surface area contributed by atoms with Crippen LogP contribution >= 0.6 is 0 Å². The lowest BCUT2D eigenvalue weighted by atomic mass is 9.91. The molecule has 44 heavy (non-hydrogen) atoms. The fraction of sp³-hybridized carbons (Fsp3) is 0. The summed E-state index contributed by atoms with van der Waals surface area (Å²) in [5.74, 6) is 0. The number of allylic oxidation sites excluding steroid dienone is 4. The van der Waals surface area contributed by atoms with Gasteiger partial charge in [-0.1, -0.05) is 84.0 Å². The number of anilines is 2. The van der Waals surface area contributed by atoms with Crippen LogP contribution in [0.25, 0.3) is 49.5 Å². The van der Waals surface area contributed by atoms with Crippen molar-refractivity contribution in [3.05, 3.63) is 127 Å². The zero-order valence-corrected chi connectivity index (χ0v) is 22.9.